The van der Waals surface area contributed by atoms with Gasteiger partial charge in [0.2, 0.25) is 0 Å². The van der Waals surface area contributed by atoms with Gasteiger partial charge < -0.3 is 24.4 Å². The maximum absolute atomic E-state index is 8.06. The third kappa shape index (κ3) is 2.98. The Labute approximate surface area is 124 Å². The molecule has 21 heavy (non-hydrogen) atoms. The van der Waals surface area contributed by atoms with E-state index >= 15 is 0 Å². The number of methoxy groups -OCH3 is 4. The van der Waals surface area contributed by atoms with Crippen molar-refractivity contribution in [1.82, 2.24) is 14.8 Å². The second-order valence-corrected chi connectivity index (χ2v) is 4.62. The molecule has 2 atom stereocenters. The van der Waals surface area contributed by atoms with Crippen LogP contribution in [-0.2, 0) is 24.9 Å². The van der Waals surface area contributed by atoms with Gasteiger partial charge >= 0.3 is 0 Å². The lowest BCUT2D eigenvalue weighted by Gasteiger charge is -2.34. The third-order valence-corrected chi connectivity index (χ3v) is 3.47. The van der Waals surface area contributed by atoms with E-state index in [0.717, 1.165) is 0 Å². The number of aromatic nitrogens is 3. The highest BCUT2D eigenvalue weighted by atomic mass is 16.7. The van der Waals surface area contributed by atoms with Gasteiger partial charge in [0.15, 0.2) is 11.6 Å². The fraction of sp³-hybridized carbons (Fsp3) is 0.769. The zero-order valence-corrected chi connectivity index (χ0v) is 13.6. The summed E-state index contributed by atoms with van der Waals surface area (Å²) in [5.74, 6) is -0.452. The highest BCUT2D eigenvalue weighted by Gasteiger charge is 2.42. The predicted octanol–water partition coefficient (Wildman–Crippen LogP) is 1.64. The van der Waals surface area contributed by atoms with E-state index in [-0.39, 0.29) is 17.9 Å². The molecule has 0 aromatic carbocycles. The molecule has 0 aliphatic carbocycles. The van der Waals surface area contributed by atoms with Crippen molar-refractivity contribution in [3.8, 4) is 0 Å². The van der Waals surface area contributed by atoms with E-state index in [1.807, 2.05) is 13.8 Å². The van der Waals surface area contributed by atoms with Crippen molar-refractivity contribution in [3.63, 3.8) is 0 Å². The molecule has 8 nitrogen and oxygen atoms in total. The Balaban J connectivity index is 3.61. The number of hydrogen-bond donors (Lipinski definition) is 1. The van der Waals surface area contributed by atoms with Crippen molar-refractivity contribution in [2.75, 3.05) is 28.4 Å². The maximum atomic E-state index is 8.06. The van der Waals surface area contributed by atoms with Crippen LogP contribution in [0, 0.1) is 5.41 Å². The van der Waals surface area contributed by atoms with Gasteiger partial charge in [-0.25, -0.2) is 0 Å². The van der Waals surface area contributed by atoms with Gasteiger partial charge in [0.1, 0.15) is 12.2 Å². The average molecular weight is 300 g/mol. The fourth-order valence-corrected chi connectivity index (χ4v) is 2.09. The zero-order valence-electron chi connectivity index (χ0n) is 13.6. The minimum absolute atomic E-state index is 0.154. The Bertz CT molecular complexity index is 457. The Morgan fingerprint density at radius 3 is 1.62 bits per heavy atom. The average Bonchev–Trinajstić information content (AvgIpc) is 2.92. The van der Waals surface area contributed by atoms with Gasteiger partial charge in [0, 0.05) is 28.4 Å². The summed E-state index contributed by atoms with van der Waals surface area (Å²) in [7, 11) is 6.07. The van der Waals surface area contributed by atoms with Gasteiger partial charge in [-0.3, -0.25) is 4.57 Å². The van der Waals surface area contributed by atoms with Crippen LogP contribution in [0.15, 0.2) is 0 Å². The lowest BCUT2D eigenvalue weighted by Crippen LogP contribution is -2.46. The monoisotopic (exact) mass is 300 g/mol. The van der Waals surface area contributed by atoms with E-state index in [2.05, 4.69) is 10.2 Å². The molecule has 0 bridgehead atoms. The molecule has 0 amide bonds. The van der Waals surface area contributed by atoms with Crippen LogP contribution in [0.1, 0.15) is 44.6 Å². The van der Waals surface area contributed by atoms with E-state index in [0.29, 0.717) is 11.6 Å². The number of hydrogen-bond acceptors (Lipinski definition) is 7. The number of rotatable bonds is 8. The Kier molecular flexibility index (Phi) is 5.97. The summed E-state index contributed by atoms with van der Waals surface area (Å²) in [6.45, 7) is 5.25. The van der Waals surface area contributed by atoms with Crippen LogP contribution >= 0.6 is 0 Å². The van der Waals surface area contributed by atoms with Crippen LogP contribution in [-0.4, -0.2) is 48.9 Å². The number of ether oxygens (including phenoxy) is 4. The summed E-state index contributed by atoms with van der Waals surface area (Å²) >= 11 is 0. The van der Waals surface area contributed by atoms with Gasteiger partial charge in [0.05, 0.1) is 5.71 Å². The molecule has 1 aromatic heterocycles. The van der Waals surface area contributed by atoms with Gasteiger partial charge in [-0.05, 0) is 20.8 Å². The summed E-state index contributed by atoms with van der Waals surface area (Å²) in [5, 5.41) is 16.4. The van der Waals surface area contributed by atoms with E-state index in [9.17, 15) is 0 Å². The Morgan fingerprint density at radius 1 is 1.00 bits per heavy atom. The summed E-state index contributed by atoms with van der Waals surface area (Å²) in [6, 6.07) is 0. The van der Waals surface area contributed by atoms with Crippen molar-refractivity contribution >= 4 is 5.71 Å². The minimum atomic E-state index is -1.44. The molecule has 120 valence electrons. The topological polar surface area (TPSA) is 91.5 Å². The predicted molar refractivity (Wildman–Crippen MR) is 76.3 cm³/mol. The molecule has 0 saturated heterocycles. The number of nitrogens with zero attached hydrogens (tertiary/aromatic N) is 3. The van der Waals surface area contributed by atoms with Crippen LogP contribution in [0.25, 0.3) is 0 Å². The van der Waals surface area contributed by atoms with Crippen molar-refractivity contribution < 1.29 is 18.9 Å². The van der Waals surface area contributed by atoms with Crippen LogP contribution in [0.4, 0.5) is 0 Å². The second-order valence-electron chi connectivity index (χ2n) is 4.62. The number of nitrogens with one attached hydrogen (secondary N) is 1. The summed E-state index contributed by atoms with van der Waals surface area (Å²) < 4.78 is 23.2. The first-order valence-electron chi connectivity index (χ1n) is 6.56. The first-order chi connectivity index (χ1) is 9.89. The lowest BCUT2D eigenvalue weighted by molar-refractivity contribution is -0.219. The quantitative estimate of drug-likeness (QED) is 0.579. The highest BCUT2D eigenvalue weighted by molar-refractivity contribution is 5.84. The molecule has 1 N–H and O–H groups in total. The SMILES string of the molecule is COC(C)c1nnc(C(C)OC)n1C(OC)(OC)C(C)=N. The van der Waals surface area contributed by atoms with Crippen LogP contribution in [0.2, 0.25) is 0 Å². The zero-order chi connectivity index (χ0) is 16.2. The highest BCUT2D eigenvalue weighted by Crippen LogP contribution is 2.30. The van der Waals surface area contributed by atoms with Crippen molar-refractivity contribution in [3.05, 3.63) is 11.6 Å². The molecule has 0 aliphatic rings. The Morgan fingerprint density at radius 2 is 1.38 bits per heavy atom. The summed E-state index contributed by atoms with van der Waals surface area (Å²) in [5.41, 5.74) is 0.154. The van der Waals surface area contributed by atoms with Gasteiger partial charge in [-0.15, -0.1) is 10.2 Å². The molecular formula is C13H24N4O4. The molecular weight excluding hydrogens is 276 g/mol. The van der Waals surface area contributed by atoms with Gasteiger partial charge in [-0.1, -0.05) is 0 Å². The molecule has 0 fully saturated rings. The molecule has 0 saturated carbocycles. The maximum Gasteiger partial charge on any atom is 0.298 e. The van der Waals surface area contributed by atoms with Crippen LogP contribution < -0.4 is 0 Å². The molecule has 0 spiro atoms. The van der Waals surface area contributed by atoms with Crippen molar-refractivity contribution in [2.45, 2.75) is 38.9 Å². The molecule has 8 heteroatoms. The van der Waals surface area contributed by atoms with Gasteiger partial charge in [0.25, 0.3) is 5.91 Å². The lowest BCUT2D eigenvalue weighted by atomic mass is 10.2. The largest absolute Gasteiger partial charge is 0.374 e. The first kappa shape index (κ1) is 17.7. The first-order valence-corrected chi connectivity index (χ1v) is 6.56. The molecule has 1 aromatic rings. The Hall–Kier alpha value is -1.35. The van der Waals surface area contributed by atoms with Crippen LogP contribution in [0.3, 0.4) is 0 Å². The summed E-state index contributed by atoms with van der Waals surface area (Å²) in [4.78, 5) is 0. The van der Waals surface area contributed by atoms with E-state index < -0.39 is 5.91 Å². The third-order valence-electron chi connectivity index (χ3n) is 3.47. The molecule has 1 rings (SSSR count). The van der Waals surface area contributed by atoms with E-state index in [1.165, 1.54) is 14.2 Å². The van der Waals surface area contributed by atoms with E-state index in [4.69, 9.17) is 24.4 Å². The summed E-state index contributed by atoms with van der Waals surface area (Å²) in [6.07, 6.45) is -0.696. The normalized spacial score (nSPS) is 15.0. The minimum Gasteiger partial charge on any atom is -0.374 e. The standard InChI is InChI=1S/C13H24N4O4/c1-8(18-4)11-15-16-12(9(2)19-5)17(11)13(20-6,21-7)10(3)14/h8-9,14H,1-7H3. The second kappa shape index (κ2) is 7.08. The van der Waals surface area contributed by atoms with Gasteiger partial charge in [-0.2, -0.15) is 0 Å². The molecule has 0 radical (unpaired) electrons. The fourth-order valence-electron chi connectivity index (χ4n) is 2.09. The molecule has 1 heterocycles. The van der Waals surface area contributed by atoms with Crippen molar-refractivity contribution in [1.29, 1.82) is 5.41 Å². The van der Waals surface area contributed by atoms with E-state index in [1.54, 1.807) is 25.7 Å². The molecule has 0 aliphatic heterocycles. The smallest absolute Gasteiger partial charge is 0.298 e. The molecule has 2 unspecified atom stereocenters. The van der Waals surface area contributed by atoms with Crippen LogP contribution in [0.5, 0.6) is 0 Å². The van der Waals surface area contributed by atoms with Crippen molar-refractivity contribution in [2.24, 2.45) is 0 Å².